The molecule has 0 spiro atoms. The van der Waals surface area contributed by atoms with Gasteiger partial charge < -0.3 is 5.73 Å². The number of unbranched alkanes of at least 4 members (excludes halogenated alkanes) is 1. The molecule has 6 heteroatoms. The summed E-state index contributed by atoms with van der Waals surface area (Å²) in [7, 11) is 0. The van der Waals surface area contributed by atoms with Gasteiger partial charge in [0.05, 0.1) is 0 Å². The highest BCUT2D eigenvalue weighted by Crippen LogP contribution is 2.16. The van der Waals surface area contributed by atoms with Gasteiger partial charge in [0.25, 0.3) is 5.56 Å². The van der Waals surface area contributed by atoms with Gasteiger partial charge in [-0.1, -0.05) is 13.3 Å². The second-order valence-electron chi connectivity index (χ2n) is 5.03. The fourth-order valence-electron chi connectivity index (χ4n) is 2.31. The predicted octanol–water partition coefficient (Wildman–Crippen LogP) is 0.485. The molecule has 1 aromatic rings. The molecule has 1 unspecified atom stereocenters. The lowest BCUT2D eigenvalue weighted by molar-refractivity contribution is -0.117. The zero-order valence-corrected chi connectivity index (χ0v) is 11.4. The molecule has 0 aliphatic carbocycles. The van der Waals surface area contributed by atoms with Crippen LogP contribution in [0.5, 0.6) is 0 Å². The maximum atomic E-state index is 12.0. The van der Waals surface area contributed by atoms with E-state index in [0.29, 0.717) is 30.2 Å². The minimum Gasteiger partial charge on any atom is -0.326 e. The molecular weight excluding hydrogens is 244 g/mol. The number of aryl methyl sites for hydroxylation is 1. The third-order valence-corrected chi connectivity index (χ3v) is 3.40. The van der Waals surface area contributed by atoms with Gasteiger partial charge >= 0.3 is 0 Å². The lowest BCUT2D eigenvalue weighted by atomic mass is 10.1. The molecule has 104 valence electrons. The zero-order valence-electron chi connectivity index (χ0n) is 11.4. The Morgan fingerprint density at radius 2 is 2.21 bits per heavy atom. The van der Waals surface area contributed by atoms with Crippen molar-refractivity contribution < 1.29 is 4.79 Å². The first-order valence-corrected chi connectivity index (χ1v) is 6.68. The Bertz CT molecular complexity index is 538. The summed E-state index contributed by atoms with van der Waals surface area (Å²) in [6.45, 7) is 4.30. The molecule has 3 N–H and O–H groups in total. The molecular formula is C13H20N4O2. The van der Waals surface area contributed by atoms with Crippen molar-refractivity contribution in [1.82, 2.24) is 9.97 Å². The number of aromatic amines is 1. The minimum absolute atomic E-state index is 0.0867. The molecule has 2 rings (SSSR count). The molecule has 6 nitrogen and oxygen atoms in total. The molecule has 0 bridgehead atoms. The maximum absolute atomic E-state index is 12.0. The molecule has 0 saturated carbocycles. The van der Waals surface area contributed by atoms with Gasteiger partial charge in [0.2, 0.25) is 11.9 Å². The van der Waals surface area contributed by atoms with Crippen LogP contribution in [0.25, 0.3) is 0 Å². The Kier molecular flexibility index (Phi) is 3.99. The Morgan fingerprint density at radius 3 is 2.74 bits per heavy atom. The molecule has 2 heterocycles. The number of hydrogen-bond acceptors (Lipinski definition) is 4. The van der Waals surface area contributed by atoms with Crippen molar-refractivity contribution >= 4 is 11.9 Å². The lowest BCUT2D eigenvalue weighted by Crippen LogP contribution is -2.32. The molecule has 1 aliphatic heterocycles. The highest BCUT2D eigenvalue weighted by Gasteiger charge is 2.30. The highest BCUT2D eigenvalue weighted by molar-refractivity contribution is 5.94. The molecule has 19 heavy (non-hydrogen) atoms. The summed E-state index contributed by atoms with van der Waals surface area (Å²) in [4.78, 5) is 32.3. The molecule has 1 amide bonds. The van der Waals surface area contributed by atoms with Crippen LogP contribution in [0.3, 0.4) is 0 Å². The number of H-pyrrole nitrogens is 1. The van der Waals surface area contributed by atoms with Gasteiger partial charge in [-0.25, -0.2) is 4.98 Å². The lowest BCUT2D eigenvalue weighted by Gasteiger charge is -2.15. The number of carbonyl (C=O) groups excluding carboxylic acids is 1. The van der Waals surface area contributed by atoms with E-state index >= 15 is 0 Å². The van der Waals surface area contributed by atoms with E-state index in [4.69, 9.17) is 5.73 Å². The van der Waals surface area contributed by atoms with E-state index in [-0.39, 0.29) is 17.5 Å². The summed E-state index contributed by atoms with van der Waals surface area (Å²) in [6.07, 6.45) is 3.01. The summed E-state index contributed by atoms with van der Waals surface area (Å²) in [5.41, 5.74) is 7.00. The van der Waals surface area contributed by atoms with Gasteiger partial charge in [-0.15, -0.1) is 0 Å². The Labute approximate surface area is 112 Å². The minimum atomic E-state index is -0.183. The third-order valence-electron chi connectivity index (χ3n) is 3.40. The number of nitrogens with zero attached hydrogens (tertiary/aromatic N) is 2. The Balaban J connectivity index is 2.30. The van der Waals surface area contributed by atoms with Crippen LogP contribution in [0, 0.1) is 6.92 Å². The van der Waals surface area contributed by atoms with Crippen molar-refractivity contribution in [2.75, 3.05) is 11.4 Å². The molecule has 1 atom stereocenters. The van der Waals surface area contributed by atoms with E-state index in [1.165, 1.54) is 4.90 Å². The van der Waals surface area contributed by atoms with Gasteiger partial charge in [-0.05, 0) is 19.8 Å². The average molecular weight is 264 g/mol. The SMILES string of the molecule is CCCCc1c(C)nc(N2CC(N)CC2=O)[nH]c1=O. The molecule has 0 aromatic carbocycles. The fraction of sp³-hybridized carbons (Fsp3) is 0.615. The van der Waals surface area contributed by atoms with Gasteiger partial charge in [0.1, 0.15) is 0 Å². The topological polar surface area (TPSA) is 92.1 Å². The number of amides is 1. The van der Waals surface area contributed by atoms with Gasteiger partial charge in [-0.2, -0.15) is 0 Å². The van der Waals surface area contributed by atoms with Gasteiger partial charge in [0, 0.05) is 30.3 Å². The van der Waals surface area contributed by atoms with Crippen LogP contribution in [-0.4, -0.2) is 28.5 Å². The zero-order chi connectivity index (χ0) is 14.0. The summed E-state index contributed by atoms with van der Waals surface area (Å²) < 4.78 is 0. The molecule has 1 fully saturated rings. The largest absolute Gasteiger partial charge is 0.326 e. The number of anilines is 1. The smallest absolute Gasteiger partial charge is 0.255 e. The normalized spacial score (nSPS) is 19.2. The fourth-order valence-corrected chi connectivity index (χ4v) is 2.31. The van der Waals surface area contributed by atoms with E-state index in [9.17, 15) is 9.59 Å². The quantitative estimate of drug-likeness (QED) is 0.827. The van der Waals surface area contributed by atoms with E-state index in [2.05, 4.69) is 16.9 Å². The van der Waals surface area contributed by atoms with Crippen LogP contribution < -0.4 is 16.2 Å². The van der Waals surface area contributed by atoms with Crippen LogP contribution in [-0.2, 0) is 11.2 Å². The van der Waals surface area contributed by atoms with Crippen LogP contribution in [0.1, 0.15) is 37.4 Å². The van der Waals surface area contributed by atoms with E-state index in [0.717, 1.165) is 19.3 Å². The maximum Gasteiger partial charge on any atom is 0.255 e. The van der Waals surface area contributed by atoms with Crippen LogP contribution in [0.15, 0.2) is 4.79 Å². The number of rotatable bonds is 4. The number of nitrogens with one attached hydrogen (secondary N) is 1. The Morgan fingerprint density at radius 1 is 1.47 bits per heavy atom. The summed E-state index contributed by atoms with van der Waals surface area (Å²) in [5, 5.41) is 0. The van der Waals surface area contributed by atoms with Crippen molar-refractivity contribution in [1.29, 1.82) is 0 Å². The second kappa shape index (κ2) is 5.52. The van der Waals surface area contributed by atoms with Crippen molar-refractivity contribution in [3.63, 3.8) is 0 Å². The first-order valence-electron chi connectivity index (χ1n) is 6.68. The van der Waals surface area contributed by atoms with Crippen molar-refractivity contribution in [2.24, 2.45) is 5.73 Å². The average Bonchev–Trinajstić information content (AvgIpc) is 2.67. The van der Waals surface area contributed by atoms with Gasteiger partial charge in [-0.3, -0.25) is 19.5 Å². The van der Waals surface area contributed by atoms with Crippen molar-refractivity contribution in [3.05, 3.63) is 21.6 Å². The van der Waals surface area contributed by atoms with Crippen LogP contribution >= 0.6 is 0 Å². The number of aromatic nitrogens is 2. The monoisotopic (exact) mass is 264 g/mol. The van der Waals surface area contributed by atoms with Crippen LogP contribution in [0.4, 0.5) is 5.95 Å². The van der Waals surface area contributed by atoms with Crippen molar-refractivity contribution in [3.8, 4) is 0 Å². The molecule has 1 aromatic heterocycles. The number of hydrogen-bond donors (Lipinski definition) is 2. The number of carbonyl (C=O) groups is 1. The van der Waals surface area contributed by atoms with Gasteiger partial charge in [0.15, 0.2) is 0 Å². The number of nitrogens with two attached hydrogens (primary N) is 1. The van der Waals surface area contributed by atoms with E-state index < -0.39 is 0 Å². The molecule has 0 radical (unpaired) electrons. The predicted molar refractivity (Wildman–Crippen MR) is 73.2 cm³/mol. The van der Waals surface area contributed by atoms with Crippen LogP contribution in [0.2, 0.25) is 0 Å². The summed E-state index contributed by atoms with van der Waals surface area (Å²) in [6, 6.07) is -0.183. The molecule has 1 saturated heterocycles. The standard InChI is InChI=1S/C13H20N4O2/c1-3-4-5-10-8(2)15-13(16-12(10)19)17-7-9(14)6-11(17)18/h9H,3-7,14H2,1-2H3,(H,15,16,19). The first kappa shape index (κ1) is 13.7. The molecule has 1 aliphatic rings. The third kappa shape index (κ3) is 2.84. The van der Waals surface area contributed by atoms with E-state index in [1.54, 1.807) is 0 Å². The highest BCUT2D eigenvalue weighted by atomic mass is 16.2. The second-order valence-corrected chi connectivity index (χ2v) is 5.03. The summed E-state index contributed by atoms with van der Waals surface area (Å²) in [5.74, 6) is 0.233. The van der Waals surface area contributed by atoms with Crippen molar-refractivity contribution in [2.45, 2.75) is 45.6 Å². The first-order chi connectivity index (χ1) is 9.02. The van der Waals surface area contributed by atoms with E-state index in [1.807, 2.05) is 6.92 Å². The summed E-state index contributed by atoms with van der Waals surface area (Å²) >= 11 is 0. The Hall–Kier alpha value is -1.69.